The Morgan fingerprint density at radius 3 is 2.23 bits per heavy atom. The van der Waals surface area contributed by atoms with E-state index in [1.165, 1.54) is 24.3 Å². The molecule has 0 radical (unpaired) electrons. The summed E-state index contributed by atoms with van der Waals surface area (Å²) in [6, 6.07) is 11.5. The van der Waals surface area contributed by atoms with Crippen LogP contribution in [0, 0.1) is 0 Å². The van der Waals surface area contributed by atoms with Crippen LogP contribution in [0.2, 0.25) is 0 Å². The van der Waals surface area contributed by atoms with E-state index >= 15 is 0 Å². The number of benzene rings is 2. The first-order valence-corrected chi connectivity index (χ1v) is 12.1. The molecule has 0 saturated carbocycles. The van der Waals surface area contributed by atoms with Crippen molar-refractivity contribution in [3.8, 4) is 11.5 Å². The molecule has 0 fully saturated rings. The van der Waals surface area contributed by atoms with Crippen LogP contribution in [0.15, 0.2) is 47.4 Å². The highest BCUT2D eigenvalue weighted by Crippen LogP contribution is 2.28. The van der Waals surface area contributed by atoms with Crippen molar-refractivity contribution in [3.05, 3.63) is 53.6 Å². The Bertz CT molecular complexity index is 958. The van der Waals surface area contributed by atoms with Crippen LogP contribution in [-0.2, 0) is 16.4 Å². The van der Waals surface area contributed by atoms with E-state index in [-0.39, 0.29) is 16.8 Å². The zero-order valence-corrected chi connectivity index (χ0v) is 19.4. The molecule has 0 spiro atoms. The Morgan fingerprint density at radius 2 is 1.61 bits per heavy atom. The van der Waals surface area contributed by atoms with Crippen LogP contribution >= 0.6 is 0 Å². The Kier molecular flexibility index (Phi) is 9.33. The van der Waals surface area contributed by atoms with Crippen molar-refractivity contribution in [1.29, 1.82) is 0 Å². The van der Waals surface area contributed by atoms with Crippen molar-refractivity contribution >= 4 is 15.9 Å². The van der Waals surface area contributed by atoms with Crippen LogP contribution in [0.3, 0.4) is 0 Å². The van der Waals surface area contributed by atoms with Crippen molar-refractivity contribution in [1.82, 2.24) is 10.0 Å². The summed E-state index contributed by atoms with van der Waals surface area (Å²) >= 11 is 0. The highest BCUT2D eigenvalue weighted by molar-refractivity contribution is 7.89. The van der Waals surface area contributed by atoms with Gasteiger partial charge in [0, 0.05) is 18.2 Å². The molecule has 0 aliphatic rings. The predicted molar refractivity (Wildman–Crippen MR) is 121 cm³/mol. The van der Waals surface area contributed by atoms with Gasteiger partial charge in [0.1, 0.15) is 0 Å². The summed E-state index contributed by atoms with van der Waals surface area (Å²) in [5.74, 6) is 1.14. The van der Waals surface area contributed by atoms with E-state index in [2.05, 4.69) is 10.0 Å². The SMILES string of the molecule is CCOc1ccc(CCNC(=O)c2ccc(S(=O)(=O)NC(C)CC)cc2)cc1OCC. The number of ether oxygens (including phenoxy) is 2. The number of hydrogen-bond donors (Lipinski definition) is 2. The van der Waals surface area contributed by atoms with Crippen molar-refractivity contribution in [2.45, 2.75) is 51.5 Å². The van der Waals surface area contributed by atoms with E-state index in [9.17, 15) is 13.2 Å². The van der Waals surface area contributed by atoms with Crippen LogP contribution in [0.1, 0.15) is 50.0 Å². The lowest BCUT2D eigenvalue weighted by Gasteiger charge is -2.13. The summed E-state index contributed by atoms with van der Waals surface area (Å²) < 4.78 is 38.4. The van der Waals surface area contributed by atoms with E-state index in [0.29, 0.717) is 49.7 Å². The molecule has 2 aromatic rings. The number of rotatable bonds is 12. The fourth-order valence-electron chi connectivity index (χ4n) is 2.88. The third-order valence-electron chi connectivity index (χ3n) is 4.70. The Labute approximate surface area is 185 Å². The summed E-state index contributed by atoms with van der Waals surface area (Å²) in [4.78, 5) is 12.5. The van der Waals surface area contributed by atoms with Crippen LogP contribution in [0.4, 0.5) is 0 Å². The Morgan fingerprint density at radius 1 is 0.968 bits per heavy atom. The van der Waals surface area contributed by atoms with Crippen molar-refractivity contribution in [3.63, 3.8) is 0 Å². The lowest BCUT2D eigenvalue weighted by Crippen LogP contribution is -2.32. The van der Waals surface area contributed by atoms with E-state index in [1.54, 1.807) is 6.92 Å². The van der Waals surface area contributed by atoms with Gasteiger partial charge >= 0.3 is 0 Å². The highest BCUT2D eigenvalue weighted by Gasteiger charge is 2.17. The van der Waals surface area contributed by atoms with E-state index in [4.69, 9.17) is 9.47 Å². The minimum absolute atomic E-state index is 0.141. The fourth-order valence-corrected chi connectivity index (χ4v) is 4.20. The first-order valence-electron chi connectivity index (χ1n) is 10.6. The number of amides is 1. The second-order valence-electron chi connectivity index (χ2n) is 7.11. The average molecular weight is 449 g/mol. The number of carbonyl (C=O) groups excluding carboxylic acids is 1. The van der Waals surface area contributed by atoms with Crippen LogP contribution in [-0.4, -0.2) is 40.1 Å². The Balaban J connectivity index is 1.95. The summed E-state index contributed by atoms with van der Waals surface area (Å²) in [6.45, 7) is 9.09. The first-order chi connectivity index (χ1) is 14.8. The van der Waals surface area contributed by atoms with Gasteiger partial charge in [-0.25, -0.2) is 13.1 Å². The van der Waals surface area contributed by atoms with Gasteiger partial charge in [-0.1, -0.05) is 13.0 Å². The van der Waals surface area contributed by atoms with Crippen molar-refractivity contribution in [2.24, 2.45) is 0 Å². The molecule has 0 saturated heterocycles. The number of sulfonamides is 1. The van der Waals surface area contributed by atoms with Gasteiger partial charge in [-0.05, 0) is 75.6 Å². The van der Waals surface area contributed by atoms with E-state index in [1.807, 2.05) is 39.0 Å². The molecule has 0 heterocycles. The maximum absolute atomic E-state index is 12.4. The van der Waals surface area contributed by atoms with Gasteiger partial charge < -0.3 is 14.8 Å². The molecule has 2 aromatic carbocycles. The first kappa shape index (κ1) is 24.7. The molecule has 0 aliphatic heterocycles. The molecule has 2 rings (SSSR count). The summed E-state index contributed by atoms with van der Waals surface area (Å²) in [5.41, 5.74) is 1.42. The summed E-state index contributed by atoms with van der Waals surface area (Å²) in [5, 5.41) is 2.86. The molecular formula is C23H32N2O5S. The Hall–Kier alpha value is -2.58. The van der Waals surface area contributed by atoms with Gasteiger partial charge in [-0.15, -0.1) is 0 Å². The lowest BCUT2D eigenvalue weighted by atomic mass is 10.1. The molecule has 170 valence electrons. The van der Waals surface area contributed by atoms with Crippen LogP contribution < -0.4 is 19.5 Å². The summed E-state index contributed by atoms with van der Waals surface area (Å²) in [7, 11) is -3.59. The fraction of sp³-hybridized carbons (Fsp3) is 0.435. The van der Waals surface area contributed by atoms with Gasteiger partial charge in [0.25, 0.3) is 5.91 Å². The topological polar surface area (TPSA) is 93.7 Å². The number of carbonyl (C=O) groups is 1. The third kappa shape index (κ3) is 7.25. The molecule has 1 unspecified atom stereocenters. The molecule has 1 amide bonds. The average Bonchev–Trinajstić information content (AvgIpc) is 2.75. The molecule has 8 heteroatoms. The molecule has 0 aromatic heterocycles. The molecule has 2 N–H and O–H groups in total. The third-order valence-corrected chi connectivity index (χ3v) is 6.31. The number of nitrogens with one attached hydrogen (secondary N) is 2. The number of hydrogen-bond acceptors (Lipinski definition) is 5. The van der Waals surface area contributed by atoms with Gasteiger partial charge in [0.2, 0.25) is 10.0 Å². The quantitative estimate of drug-likeness (QED) is 0.518. The second kappa shape index (κ2) is 11.7. The maximum atomic E-state index is 12.4. The van der Waals surface area contributed by atoms with Gasteiger partial charge in [0.15, 0.2) is 11.5 Å². The molecule has 31 heavy (non-hydrogen) atoms. The van der Waals surface area contributed by atoms with Crippen molar-refractivity contribution < 1.29 is 22.7 Å². The predicted octanol–water partition coefficient (Wildman–Crippen LogP) is 3.53. The van der Waals surface area contributed by atoms with Crippen LogP contribution in [0.5, 0.6) is 11.5 Å². The van der Waals surface area contributed by atoms with E-state index < -0.39 is 10.0 Å². The molecule has 7 nitrogen and oxygen atoms in total. The largest absolute Gasteiger partial charge is 0.490 e. The lowest BCUT2D eigenvalue weighted by molar-refractivity contribution is 0.0954. The molecule has 1 atom stereocenters. The molecule has 0 aliphatic carbocycles. The van der Waals surface area contributed by atoms with E-state index in [0.717, 1.165) is 5.56 Å². The van der Waals surface area contributed by atoms with Crippen LogP contribution in [0.25, 0.3) is 0 Å². The van der Waals surface area contributed by atoms with Gasteiger partial charge in [0.05, 0.1) is 18.1 Å². The standard InChI is InChI=1S/C23H32N2O5S/c1-5-17(4)25-31(27,28)20-11-9-19(10-12-20)23(26)24-15-14-18-8-13-21(29-6-2)22(16-18)30-7-3/h8-13,16-17,25H,5-7,14-15H2,1-4H3,(H,24,26). The summed E-state index contributed by atoms with van der Waals surface area (Å²) in [6.07, 6.45) is 1.32. The van der Waals surface area contributed by atoms with Gasteiger partial charge in [-0.3, -0.25) is 4.79 Å². The normalized spacial score (nSPS) is 12.3. The monoisotopic (exact) mass is 448 g/mol. The van der Waals surface area contributed by atoms with Crippen molar-refractivity contribution in [2.75, 3.05) is 19.8 Å². The molecular weight excluding hydrogens is 416 g/mol. The zero-order chi connectivity index (χ0) is 22.9. The minimum Gasteiger partial charge on any atom is -0.490 e. The smallest absolute Gasteiger partial charge is 0.251 e. The highest BCUT2D eigenvalue weighted by atomic mass is 32.2. The maximum Gasteiger partial charge on any atom is 0.251 e. The molecule has 0 bridgehead atoms. The zero-order valence-electron chi connectivity index (χ0n) is 18.6. The minimum atomic E-state index is -3.59. The van der Waals surface area contributed by atoms with Gasteiger partial charge in [-0.2, -0.15) is 0 Å². The second-order valence-corrected chi connectivity index (χ2v) is 8.82.